The average molecular weight is 670 g/mol. The molecule has 4 aromatic carbocycles. The van der Waals surface area contributed by atoms with Crippen molar-refractivity contribution in [2.24, 2.45) is 22.9 Å². The standard InChI is InChI=1S/C10H14N2O.2C10H13NO.C9H11NO2/c1-12-4-5-13-10-6-8(7-11)2-3-9(10)12;11-7-8-3-4-10-9(6-8)2-1-5-12-10;11-7-8-3-4-9-2-1-5-12-10(9)6-8;10-6-7-1-2-8-9(5-7)12-4-3-11-8/h2-3,6H,4-5,7,11H2,1H3;2*3-4,6H,1-2,5,7,11H2;1-2,5H,3-4,6,10H2. The predicted octanol–water partition coefficient (Wildman–Crippen LogP) is 4.83. The number of nitrogens with zero attached hydrogens (tertiary/aromatic N) is 1. The lowest BCUT2D eigenvalue weighted by molar-refractivity contribution is 0.171. The second-order valence-electron chi connectivity index (χ2n) is 12.2. The van der Waals surface area contributed by atoms with Crippen molar-refractivity contribution in [2.75, 3.05) is 51.5 Å². The van der Waals surface area contributed by atoms with E-state index in [0.29, 0.717) is 39.4 Å². The van der Waals surface area contributed by atoms with Crippen molar-refractivity contribution in [3.8, 4) is 28.7 Å². The fourth-order valence-electron chi connectivity index (χ4n) is 5.80. The fraction of sp³-hybridized carbons (Fsp3) is 0.385. The van der Waals surface area contributed by atoms with Crippen LogP contribution in [0.15, 0.2) is 72.8 Å². The van der Waals surface area contributed by atoms with E-state index in [4.69, 9.17) is 46.6 Å². The molecule has 0 fully saturated rings. The molecule has 0 aromatic heterocycles. The smallest absolute Gasteiger partial charge is 0.161 e. The van der Waals surface area contributed by atoms with Gasteiger partial charge >= 0.3 is 0 Å². The third kappa shape index (κ3) is 10.0. The predicted molar refractivity (Wildman–Crippen MR) is 195 cm³/mol. The lowest BCUT2D eigenvalue weighted by Gasteiger charge is -2.27. The molecule has 4 heterocycles. The summed E-state index contributed by atoms with van der Waals surface area (Å²) >= 11 is 0. The van der Waals surface area contributed by atoms with Gasteiger partial charge in [-0.1, -0.05) is 36.4 Å². The Kier molecular flexibility index (Phi) is 13.4. The zero-order valence-electron chi connectivity index (χ0n) is 28.6. The van der Waals surface area contributed by atoms with Crippen LogP contribution in [-0.2, 0) is 39.0 Å². The molecule has 0 atom stereocenters. The number of likely N-dealkylation sites (N-methyl/N-ethyl adjacent to an activating group) is 1. The van der Waals surface area contributed by atoms with Crippen LogP contribution in [0.1, 0.15) is 46.2 Å². The number of aryl methyl sites for hydroxylation is 2. The lowest BCUT2D eigenvalue weighted by Crippen LogP contribution is -2.28. The van der Waals surface area contributed by atoms with E-state index in [0.717, 1.165) is 103 Å². The van der Waals surface area contributed by atoms with Crippen molar-refractivity contribution in [3.63, 3.8) is 0 Å². The first kappa shape index (κ1) is 35.8. The summed E-state index contributed by atoms with van der Waals surface area (Å²) in [6, 6.07) is 24.4. The van der Waals surface area contributed by atoms with E-state index in [1.54, 1.807) is 0 Å². The first-order valence-corrected chi connectivity index (χ1v) is 17.2. The van der Waals surface area contributed by atoms with E-state index in [1.807, 2.05) is 42.5 Å². The normalized spacial score (nSPS) is 14.9. The second kappa shape index (κ2) is 18.3. The minimum absolute atomic E-state index is 0.538. The summed E-state index contributed by atoms with van der Waals surface area (Å²) in [6.45, 7) is 7.00. The molecule has 10 nitrogen and oxygen atoms in total. The van der Waals surface area contributed by atoms with E-state index in [1.165, 1.54) is 16.7 Å². The Balaban J connectivity index is 0.000000127. The first-order valence-electron chi connectivity index (χ1n) is 17.2. The van der Waals surface area contributed by atoms with Crippen LogP contribution in [0.3, 0.4) is 0 Å². The molecule has 8 rings (SSSR count). The van der Waals surface area contributed by atoms with Gasteiger partial charge in [-0.15, -0.1) is 0 Å². The lowest BCUT2D eigenvalue weighted by atomic mass is 10.0. The molecule has 0 unspecified atom stereocenters. The van der Waals surface area contributed by atoms with Gasteiger partial charge in [-0.25, -0.2) is 0 Å². The summed E-state index contributed by atoms with van der Waals surface area (Å²) in [7, 11) is 2.07. The Morgan fingerprint density at radius 3 is 1.65 bits per heavy atom. The Bertz CT molecular complexity index is 1510. The molecule has 4 aliphatic heterocycles. The summed E-state index contributed by atoms with van der Waals surface area (Å²) in [6.07, 6.45) is 4.53. The molecule has 0 saturated heterocycles. The SMILES string of the molecule is CN1CCOc2cc(CN)ccc21.NCc1ccc2c(c1)CCCO2.NCc1ccc2c(c1)OCCC2.NCc1ccc2c(c1)OCCO2. The number of hydrogen-bond donors (Lipinski definition) is 4. The summed E-state index contributed by atoms with van der Waals surface area (Å²) < 4.78 is 27.3. The Hall–Kier alpha value is -4.48. The van der Waals surface area contributed by atoms with Crippen LogP contribution in [0.4, 0.5) is 5.69 Å². The Morgan fingerprint density at radius 1 is 0.469 bits per heavy atom. The molecule has 0 bridgehead atoms. The van der Waals surface area contributed by atoms with Gasteiger partial charge in [0.15, 0.2) is 11.5 Å². The molecule has 0 amide bonds. The average Bonchev–Trinajstić information content (AvgIpc) is 3.18. The van der Waals surface area contributed by atoms with Gasteiger partial charge in [-0.2, -0.15) is 0 Å². The quantitative estimate of drug-likeness (QED) is 0.238. The number of ether oxygens (including phenoxy) is 5. The topological polar surface area (TPSA) is 153 Å². The van der Waals surface area contributed by atoms with E-state index in [-0.39, 0.29) is 0 Å². The molecule has 262 valence electrons. The van der Waals surface area contributed by atoms with Crippen LogP contribution >= 0.6 is 0 Å². The molecule has 49 heavy (non-hydrogen) atoms. The fourth-order valence-corrected chi connectivity index (χ4v) is 5.80. The van der Waals surface area contributed by atoms with Gasteiger partial charge in [0.25, 0.3) is 0 Å². The monoisotopic (exact) mass is 669 g/mol. The highest BCUT2D eigenvalue weighted by atomic mass is 16.6. The largest absolute Gasteiger partial charge is 0.493 e. The molecule has 0 spiro atoms. The highest BCUT2D eigenvalue weighted by molar-refractivity contribution is 5.60. The van der Waals surface area contributed by atoms with Crippen LogP contribution in [-0.4, -0.2) is 46.6 Å². The van der Waals surface area contributed by atoms with Crippen LogP contribution in [0.5, 0.6) is 28.7 Å². The molecule has 10 heteroatoms. The van der Waals surface area contributed by atoms with Crippen molar-refractivity contribution >= 4 is 5.69 Å². The second-order valence-corrected chi connectivity index (χ2v) is 12.2. The van der Waals surface area contributed by atoms with E-state index in [2.05, 4.69) is 42.3 Å². The van der Waals surface area contributed by atoms with Gasteiger partial charge in [0.1, 0.15) is 37.1 Å². The molecule has 0 saturated carbocycles. The zero-order chi connectivity index (χ0) is 34.4. The zero-order valence-corrected chi connectivity index (χ0v) is 28.6. The van der Waals surface area contributed by atoms with Crippen molar-refractivity contribution in [1.82, 2.24) is 0 Å². The summed E-state index contributed by atoms with van der Waals surface area (Å²) in [4.78, 5) is 2.19. The number of rotatable bonds is 4. The van der Waals surface area contributed by atoms with Gasteiger partial charge in [0, 0.05) is 33.2 Å². The van der Waals surface area contributed by atoms with Gasteiger partial charge in [0.05, 0.1) is 25.4 Å². The van der Waals surface area contributed by atoms with Crippen LogP contribution < -0.4 is 51.5 Å². The van der Waals surface area contributed by atoms with E-state index >= 15 is 0 Å². The first-order chi connectivity index (χ1) is 24.0. The maximum atomic E-state index is 5.55. The van der Waals surface area contributed by atoms with Gasteiger partial charge in [-0.05, 0) is 95.5 Å². The van der Waals surface area contributed by atoms with Gasteiger partial charge in [-0.3, -0.25) is 0 Å². The maximum absolute atomic E-state index is 5.55. The minimum atomic E-state index is 0.538. The van der Waals surface area contributed by atoms with Crippen molar-refractivity contribution in [2.45, 2.75) is 51.9 Å². The number of hydrogen-bond acceptors (Lipinski definition) is 10. The maximum Gasteiger partial charge on any atom is 0.161 e. The Labute approximate surface area is 290 Å². The number of fused-ring (bicyclic) bond motifs is 4. The molecule has 4 aliphatic rings. The van der Waals surface area contributed by atoms with Crippen LogP contribution in [0.25, 0.3) is 0 Å². The summed E-state index contributed by atoms with van der Waals surface area (Å²) in [5.41, 5.74) is 30.4. The number of nitrogens with two attached hydrogens (primary N) is 4. The molecular weight excluding hydrogens is 618 g/mol. The van der Waals surface area contributed by atoms with Crippen LogP contribution in [0, 0.1) is 0 Å². The van der Waals surface area contributed by atoms with Crippen LogP contribution in [0.2, 0.25) is 0 Å². The summed E-state index contributed by atoms with van der Waals surface area (Å²) in [5, 5.41) is 0. The molecule has 0 radical (unpaired) electrons. The third-order valence-electron chi connectivity index (χ3n) is 8.62. The molecular formula is C39H51N5O5. The van der Waals surface area contributed by atoms with Crippen molar-refractivity contribution in [1.29, 1.82) is 0 Å². The van der Waals surface area contributed by atoms with Gasteiger partial charge in [0.2, 0.25) is 0 Å². The van der Waals surface area contributed by atoms with Gasteiger partial charge < -0.3 is 51.5 Å². The van der Waals surface area contributed by atoms with E-state index < -0.39 is 0 Å². The van der Waals surface area contributed by atoms with E-state index in [9.17, 15) is 0 Å². The number of anilines is 1. The van der Waals surface area contributed by atoms with Crippen molar-refractivity contribution in [3.05, 3.63) is 106 Å². The molecule has 8 N–H and O–H groups in total. The van der Waals surface area contributed by atoms with Crippen molar-refractivity contribution < 1.29 is 23.7 Å². The summed E-state index contributed by atoms with van der Waals surface area (Å²) in [5.74, 6) is 4.65. The highest BCUT2D eigenvalue weighted by Crippen LogP contribution is 2.32. The molecule has 0 aliphatic carbocycles. The molecule has 4 aromatic rings. The number of benzene rings is 4. The highest BCUT2D eigenvalue weighted by Gasteiger charge is 2.15. The third-order valence-corrected chi connectivity index (χ3v) is 8.62. The minimum Gasteiger partial charge on any atom is -0.493 e. The Morgan fingerprint density at radius 2 is 0.959 bits per heavy atom.